The van der Waals surface area contributed by atoms with Gasteiger partial charge in [0.1, 0.15) is 17.0 Å². The van der Waals surface area contributed by atoms with Gasteiger partial charge in [0, 0.05) is 0 Å². The van der Waals surface area contributed by atoms with Crippen LogP contribution in [0.25, 0.3) is 10.2 Å². The van der Waals surface area contributed by atoms with Gasteiger partial charge in [-0.2, -0.15) is 0 Å². The number of carbonyl (C=O) groups is 1. The highest BCUT2D eigenvalue weighted by Gasteiger charge is 2.19. The third kappa shape index (κ3) is 3.92. The van der Waals surface area contributed by atoms with E-state index < -0.39 is 17.2 Å². The molecular weight excluding hydrogens is 458 g/mol. The standard InChI is InChI=1S/C24H21N3O6S/c1-14-3-5-18(31-2)16(9-14)25-21(28)12-26-17-7-8-34-22(17)23(29)27(24(26)30)11-15-4-6-19-20(10-15)33-13-32-19/h3-10H,11-13H2,1-2H3,(H,25,28). The Hall–Kier alpha value is -4.05. The molecule has 3 heterocycles. The molecule has 10 heteroatoms. The number of aryl methyl sites for hydroxylation is 1. The Kier molecular flexibility index (Phi) is 5.58. The van der Waals surface area contributed by atoms with Gasteiger partial charge < -0.3 is 19.5 Å². The lowest BCUT2D eigenvalue weighted by Gasteiger charge is -2.14. The van der Waals surface area contributed by atoms with Crippen molar-refractivity contribution >= 4 is 33.1 Å². The van der Waals surface area contributed by atoms with E-state index in [1.807, 2.05) is 13.0 Å². The van der Waals surface area contributed by atoms with Gasteiger partial charge in [-0.1, -0.05) is 12.1 Å². The number of ether oxygens (including phenoxy) is 3. The normalized spacial score (nSPS) is 12.2. The number of thiophene rings is 1. The van der Waals surface area contributed by atoms with Gasteiger partial charge in [0.25, 0.3) is 5.56 Å². The van der Waals surface area contributed by atoms with Crippen LogP contribution in [0.15, 0.2) is 57.4 Å². The Labute approximate surface area is 197 Å². The van der Waals surface area contributed by atoms with Crippen molar-refractivity contribution in [2.45, 2.75) is 20.0 Å². The predicted molar refractivity (Wildman–Crippen MR) is 128 cm³/mol. The molecule has 0 saturated carbocycles. The number of fused-ring (bicyclic) bond motifs is 2. The Morgan fingerprint density at radius 3 is 2.74 bits per heavy atom. The first kappa shape index (κ1) is 21.8. The second-order valence-corrected chi connectivity index (χ2v) is 8.75. The van der Waals surface area contributed by atoms with Crippen molar-refractivity contribution in [2.75, 3.05) is 19.2 Å². The molecule has 0 fully saturated rings. The molecule has 5 rings (SSSR count). The second kappa shape index (κ2) is 8.71. The molecule has 1 amide bonds. The minimum Gasteiger partial charge on any atom is -0.495 e. The molecule has 2 aromatic carbocycles. The topological polar surface area (TPSA) is 101 Å². The number of nitrogens with one attached hydrogen (secondary N) is 1. The molecule has 9 nitrogen and oxygen atoms in total. The molecule has 0 unspecified atom stereocenters. The van der Waals surface area contributed by atoms with Gasteiger partial charge in [0.05, 0.1) is 24.9 Å². The van der Waals surface area contributed by atoms with Crippen LogP contribution in [0.1, 0.15) is 11.1 Å². The number of hydrogen-bond acceptors (Lipinski definition) is 7. The maximum atomic E-state index is 13.4. The van der Waals surface area contributed by atoms with Crippen LogP contribution in [-0.4, -0.2) is 28.9 Å². The number of nitrogens with zero attached hydrogens (tertiary/aromatic N) is 2. The Bertz CT molecular complexity index is 1530. The maximum absolute atomic E-state index is 13.4. The zero-order valence-electron chi connectivity index (χ0n) is 18.5. The van der Waals surface area contributed by atoms with Gasteiger partial charge in [0.2, 0.25) is 12.7 Å². The van der Waals surface area contributed by atoms with Crippen molar-refractivity contribution in [3.05, 3.63) is 79.8 Å². The van der Waals surface area contributed by atoms with E-state index in [0.717, 1.165) is 10.1 Å². The van der Waals surface area contributed by atoms with Crippen LogP contribution < -0.4 is 30.8 Å². The first-order valence-electron chi connectivity index (χ1n) is 10.5. The van der Waals surface area contributed by atoms with Gasteiger partial charge in [-0.3, -0.25) is 18.7 Å². The van der Waals surface area contributed by atoms with Crippen molar-refractivity contribution in [3.8, 4) is 17.2 Å². The average Bonchev–Trinajstić information content (AvgIpc) is 3.49. The Morgan fingerprint density at radius 1 is 1.09 bits per heavy atom. The van der Waals surface area contributed by atoms with E-state index in [9.17, 15) is 14.4 Å². The largest absolute Gasteiger partial charge is 0.495 e. The first-order chi connectivity index (χ1) is 16.4. The molecule has 1 aliphatic heterocycles. The van der Waals surface area contributed by atoms with E-state index in [-0.39, 0.29) is 19.9 Å². The number of methoxy groups -OCH3 is 1. The Morgan fingerprint density at radius 2 is 1.91 bits per heavy atom. The number of anilines is 1. The highest BCUT2D eigenvalue weighted by Crippen LogP contribution is 2.32. The molecule has 34 heavy (non-hydrogen) atoms. The lowest BCUT2D eigenvalue weighted by molar-refractivity contribution is -0.116. The van der Waals surface area contributed by atoms with E-state index in [4.69, 9.17) is 14.2 Å². The van der Waals surface area contributed by atoms with E-state index >= 15 is 0 Å². The SMILES string of the molecule is COc1ccc(C)cc1NC(=O)Cn1c(=O)n(Cc2ccc3c(c2)OCO3)c(=O)c2sccc21. The van der Waals surface area contributed by atoms with Gasteiger partial charge in [-0.25, -0.2) is 4.79 Å². The maximum Gasteiger partial charge on any atom is 0.332 e. The first-order valence-corrected chi connectivity index (χ1v) is 11.4. The van der Waals surface area contributed by atoms with Gasteiger partial charge in [-0.05, 0) is 53.8 Å². The fourth-order valence-electron chi connectivity index (χ4n) is 3.90. The Balaban J connectivity index is 1.50. The van der Waals surface area contributed by atoms with E-state index in [0.29, 0.717) is 38.7 Å². The van der Waals surface area contributed by atoms with Crippen molar-refractivity contribution in [3.63, 3.8) is 0 Å². The highest BCUT2D eigenvalue weighted by molar-refractivity contribution is 7.17. The molecule has 1 N–H and O–H groups in total. The zero-order valence-corrected chi connectivity index (χ0v) is 19.3. The number of benzene rings is 2. The summed E-state index contributed by atoms with van der Waals surface area (Å²) in [6.07, 6.45) is 0. The average molecular weight is 480 g/mol. The van der Waals surface area contributed by atoms with Crippen LogP contribution >= 0.6 is 11.3 Å². The predicted octanol–water partition coefficient (Wildman–Crippen LogP) is 2.96. The van der Waals surface area contributed by atoms with Crippen LogP contribution in [0.2, 0.25) is 0 Å². The third-order valence-electron chi connectivity index (χ3n) is 5.54. The highest BCUT2D eigenvalue weighted by atomic mass is 32.1. The monoisotopic (exact) mass is 479 g/mol. The lowest BCUT2D eigenvalue weighted by atomic mass is 10.2. The van der Waals surface area contributed by atoms with E-state index in [2.05, 4.69) is 5.32 Å². The van der Waals surface area contributed by atoms with Crippen LogP contribution in [0.5, 0.6) is 17.2 Å². The van der Waals surface area contributed by atoms with Crippen LogP contribution in [0, 0.1) is 6.92 Å². The molecule has 0 spiro atoms. The third-order valence-corrected chi connectivity index (χ3v) is 6.44. The molecule has 0 saturated heterocycles. The molecule has 0 radical (unpaired) electrons. The van der Waals surface area contributed by atoms with Gasteiger partial charge in [0.15, 0.2) is 11.5 Å². The molecular formula is C24H21N3O6S. The van der Waals surface area contributed by atoms with Crippen LogP contribution in [0.4, 0.5) is 5.69 Å². The molecule has 0 atom stereocenters. The quantitative estimate of drug-likeness (QED) is 0.456. The summed E-state index contributed by atoms with van der Waals surface area (Å²) in [6, 6.07) is 12.4. The van der Waals surface area contributed by atoms with Crippen molar-refractivity contribution in [2.24, 2.45) is 0 Å². The number of amides is 1. The van der Waals surface area contributed by atoms with Gasteiger partial charge >= 0.3 is 5.69 Å². The number of aromatic nitrogens is 2. The summed E-state index contributed by atoms with van der Waals surface area (Å²) in [7, 11) is 1.52. The summed E-state index contributed by atoms with van der Waals surface area (Å²) in [6.45, 7) is 1.81. The second-order valence-electron chi connectivity index (χ2n) is 7.83. The van der Waals surface area contributed by atoms with Crippen molar-refractivity contribution < 1.29 is 19.0 Å². The summed E-state index contributed by atoms with van der Waals surface area (Å²) < 4.78 is 18.9. The van der Waals surface area contributed by atoms with E-state index in [1.165, 1.54) is 23.0 Å². The number of carbonyl (C=O) groups excluding carboxylic acids is 1. The summed E-state index contributed by atoms with van der Waals surface area (Å²) in [4.78, 5) is 39.4. The molecule has 174 valence electrons. The fourth-order valence-corrected chi connectivity index (χ4v) is 4.74. The zero-order chi connectivity index (χ0) is 23.8. The minimum absolute atomic E-state index is 0.0372. The summed E-state index contributed by atoms with van der Waals surface area (Å²) in [5.74, 6) is 1.28. The van der Waals surface area contributed by atoms with Gasteiger partial charge in [-0.15, -0.1) is 11.3 Å². The molecule has 0 bridgehead atoms. The fraction of sp³-hybridized carbons (Fsp3) is 0.208. The molecule has 1 aliphatic rings. The smallest absolute Gasteiger partial charge is 0.332 e. The van der Waals surface area contributed by atoms with Crippen LogP contribution in [0.3, 0.4) is 0 Å². The minimum atomic E-state index is -0.570. The number of hydrogen-bond donors (Lipinski definition) is 1. The van der Waals surface area contributed by atoms with Crippen molar-refractivity contribution in [1.29, 1.82) is 0 Å². The van der Waals surface area contributed by atoms with E-state index in [1.54, 1.807) is 41.8 Å². The molecule has 2 aromatic heterocycles. The lowest BCUT2D eigenvalue weighted by Crippen LogP contribution is -2.41. The summed E-state index contributed by atoms with van der Waals surface area (Å²) in [5, 5.41) is 4.54. The summed E-state index contributed by atoms with van der Waals surface area (Å²) >= 11 is 1.23. The summed E-state index contributed by atoms with van der Waals surface area (Å²) in [5.41, 5.74) is 1.62. The number of rotatable bonds is 6. The molecule has 0 aliphatic carbocycles. The van der Waals surface area contributed by atoms with Crippen molar-refractivity contribution in [1.82, 2.24) is 9.13 Å². The molecule has 4 aromatic rings. The van der Waals surface area contributed by atoms with Crippen LogP contribution in [-0.2, 0) is 17.9 Å².